The van der Waals surface area contributed by atoms with E-state index in [1.54, 1.807) is 0 Å². The molecule has 1 saturated heterocycles. The van der Waals surface area contributed by atoms with Gasteiger partial charge in [0.1, 0.15) is 0 Å². The minimum atomic E-state index is 0.190. The van der Waals surface area contributed by atoms with E-state index in [0.29, 0.717) is 18.1 Å². The van der Waals surface area contributed by atoms with E-state index in [1.807, 2.05) is 12.4 Å². The maximum Gasteiger partial charge on any atom is 0.0693 e. The van der Waals surface area contributed by atoms with Crippen LogP contribution >= 0.6 is 0 Å². The van der Waals surface area contributed by atoms with Gasteiger partial charge >= 0.3 is 0 Å². The Hall–Kier alpha value is -1.61. The zero-order valence-corrected chi connectivity index (χ0v) is 12.7. The number of nitrogens with one attached hydrogen (secondary N) is 1. The maximum atomic E-state index is 6.00. The summed E-state index contributed by atoms with van der Waals surface area (Å²) in [5, 5.41) is 6.23. The Labute approximate surface area is 125 Å². The molecule has 1 aromatic carbocycles. The van der Waals surface area contributed by atoms with E-state index in [4.69, 9.17) is 4.74 Å². The fourth-order valence-corrected chi connectivity index (χ4v) is 4.22. The van der Waals surface area contributed by atoms with Gasteiger partial charge in [-0.05, 0) is 30.4 Å². The lowest BCUT2D eigenvalue weighted by atomic mass is 9.55. The standard InChI is InChI=1S/C18H22N2O/c1-18(2)16(13-6-4-10-21-17(13)18)20-15-7-3-5-12-8-9-19-11-14(12)15/h3,5,7-9,11,13,16-17,20H,4,6,10H2,1-2H3. The minimum Gasteiger partial charge on any atom is -0.381 e. The van der Waals surface area contributed by atoms with Crippen LogP contribution in [0.2, 0.25) is 0 Å². The van der Waals surface area contributed by atoms with Crippen LogP contribution in [0.25, 0.3) is 10.8 Å². The molecule has 2 aliphatic rings. The fourth-order valence-electron chi connectivity index (χ4n) is 4.22. The molecule has 1 aromatic heterocycles. The number of nitrogens with zero attached hydrogens (tertiary/aromatic N) is 1. The summed E-state index contributed by atoms with van der Waals surface area (Å²) in [6.45, 7) is 5.57. The summed E-state index contributed by atoms with van der Waals surface area (Å²) in [4.78, 5) is 4.28. The molecular weight excluding hydrogens is 260 g/mol. The van der Waals surface area contributed by atoms with Crippen molar-refractivity contribution in [2.24, 2.45) is 11.3 Å². The molecule has 3 nitrogen and oxygen atoms in total. The SMILES string of the molecule is CC1(C)C(Nc2cccc3ccncc23)C2CCCOC21. The Kier molecular flexibility index (Phi) is 2.93. The molecule has 3 heteroatoms. The van der Waals surface area contributed by atoms with Crippen molar-refractivity contribution in [3.8, 4) is 0 Å². The molecule has 2 aromatic rings. The molecule has 1 N–H and O–H groups in total. The molecule has 1 aliphatic carbocycles. The van der Waals surface area contributed by atoms with Crippen molar-refractivity contribution in [2.45, 2.75) is 38.8 Å². The smallest absolute Gasteiger partial charge is 0.0693 e. The van der Waals surface area contributed by atoms with Crippen molar-refractivity contribution >= 4 is 16.5 Å². The number of benzene rings is 1. The van der Waals surface area contributed by atoms with E-state index in [2.05, 4.69) is 48.4 Å². The number of anilines is 1. The topological polar surface area (TPSA) is 34.2 Å². The molecule has 0 bridgehead atoms. The number of hydrogen-bond acceptors (Lipinski definition) is 3. The second-order valence-corrected chi connectivity index (χ2v) is 6.94. The summed E-state index contributed by atoms with van der Waals surface area (Å²) >= 11 is 0. The van der Waals surface area contributed by atoms with Gasteiger partial charge in [0.15, 0.2) is 0 Å². The van der Waals surface area contributed by atoms with Gasteiger partial charge in [-0.2, -0.15) is 0 Å². The van der Waals surface area contributed by atoms with Crippen LogP contribution in [-0.4, -0.2) is 23.7 Å². The lowest BCUT2D eigenvalue weighted by Gasteiger charge is -2.60. The second kappa shape index (κ2) is 4.70. The van der Waals surface area contributed by atoms with E-state index < -0.39 is 0 Å². The van der Waals surface area contributed by atoms with Crippen LogP contribution in [0.15, 0.2) is 36.7 Å². The Balaban J connectivity index is 1.66. The molecule has 1 saturated carbocycles. The quantitative estimate of drug-likeness (QED) is 0.908. The molecule has 1 aliphatic heterocycles. The number of aromatic nitrogens is 1. The summed E-state index contributed by atoms with van der Waals surface area (Å²) in [6, 6.07) is 8.97. The summed E-state index contributed by atoms with van der Waals surface area (Å²) in [6.07, 6.45) is 6.68. The van der Waals surface area contributed by atoms with E-state index in [0.717, 1.165) is 6.61 Å². The highest BCUT2D eigenvalue weighted by molar-refractivity contribution is 5.93. The third-order valence-corrected chi connectivity index (χ3v) is 5.33. The lowest BCUT2D eigenvalue weighted by Crippen LogP contribution is -2.67. The van der Waals surface area contributed by atoms with Gasteiger partial charge in [-0.15, -0.1) is 0 Å². The minimum absolute atomic E-state index is 0.190. The third-order valence-electron chi connectivity index (χ3n) is 5.33. The fraction of sp³-hybridized carbons (Fsp3) is 0.500. The van der Waals surface area contributed by atoms with Crippen molar-refractivity contribution in [2.75, 3.05) is 11.9 Å². The molecule has 2 fully saturated rings. The van der Waals surface area contributed by atoms with Crippen molar-refractivity contribution < 1.29 is 4.74 Å². The van der Waals surface area contributed by atoms with E-state index in [9.17, 15) is 0 Å². The van der Waals surface area contributed by atoms with Crippen LogP contribution in [0.3, 0.4) is 0 Å². The van der Waals surface area contributed by atoms with Crippen LogP contribution in [0.4, 0.5) is 5.69 Å². The molecule has 0 radical (unpaired) electrons. The lowest BCUT2D eigenvalue weighted by molar-refractivity contribution is -0.177. The average Bonchev–Trinajstić information content (AvgIpc) is 2.52. The Morgan fingerprint density at radius 2 is 2.19 bits per heavy atom. The first-order valence-corrected chi connectivity index (χ1v) is 7.89. The van der Waals surface area contributed by atoms with Crippen molar-refractivity contribution in [1.82, 2.24) is 4.98 Å². The number of hydrogen-bond donors (Lipinski definition) is 1. The molecule has 4 rings (SSSR count). The van der Waals surface area contributed by atoms with Gasteiger partial charge < -0.3 is 10.1 Å². The number of ether oxygens (including phenoxy) is 1. The molecule has 0 spiro atoms. The van der Waals surface area contributed by atoms with Gasteiger partial charge in [-0.1, -0.05) is 26.0 Å². The number of fused-ring (bicyclic) bond motifs is 2. The van der Waals surface area contributed by atoms with Gasteiger partial charge in [-0.3, -0.25) is 4.98 Å². The number of rotatable bonds is 2. The molecular formula is C18H22N2O. The zero-order chi connectivity index (χ0) is 14.4. The van der Waals surface area contributed by atoms with Crippen LogP contribution in [0.1, 0.15) is 26.7 Å². The first kappa shape index (κ1) is 13.1. The van der Waals surface area contributed by atoms with Crippen LogP contribution in [0.5, 0.6) is 0 Å². The van der Waals surface area contributed by atoms with Crippen LogP contribution in [-0.2, 0) is 4.74 Å². The van der Waals surface area contributed by atoms with Gasteiger partial charge in [0.05, 0.1) is 6.10 Å². The van der Waals surface area contributed by atoms with Crippen molar-refractivity contribution in [3.05, 3.63) is 36.7 Å². The Bertz CT molecular complexity index is 662. The van der Waals surface area contributed by atoms with Gasteiger partial charge in [0, 0.05) is 47.4 Å². The average molecular weight is 282 g/mol. The van der Waals surface area contributed by atoms with E-state index in [1.165, 1.54) is 29.3 Å². The number of pyridine rings is 1. The van der Waals surface area contributed by atoms with Gasteiger partial charge in [0.2, 0.25) is 0 Å². The van der Waals surface area contributed by atoms with Gasteiger partial charge in [0.25, 0.3) is 0 Å². The third kappa shape index (κ3) is 1.95. The van der Waals surface area contributed by atoms with E-state index in [-0.39, 0.29) is 5.41 Å². The Morgan fingerprint density at radius 3 is 3.10 bits per heavy atom. The highest BCUT2D eigenvalue weighted by Gasteiger charge is 2.57. The molecule has 21 heavy (non-hydrogen) atoms. The first-order valence-electron chi connectivity index (χ1n) is 7.89. The molecule has 3 unspecified atom stereocenters. The maximum absolute atomic E-state index is 6.00. The summed E-state index contributed by atoms with van der Waals surface area (Å²) in [5.41, 5.74) is 1.39. The molecule has 3 atom stereocenters. The predicted molar refractivity (Wildman–Crippen MR) is 85.4 cm³/mol. The summed E-state index contributed by atoms with van der Waals surface area (Å²) in [5.74, 6) is 0.640. The van der Waals surface area contributed by atoms with E-state index >= 15 is 0 Å². The molecule has 0 amide bonds. The first-order chi connectivity index (χ1) is 10.2. The highest BCUT2D eigenvalue weighted by Crippen LogP contribution is 2.52. The van der Waals surface area contributed by atoms with Crippen molar-refractivity contribution in [1.29, 1.82) is 0 Å². The summed E-state index contributed by atoms with van der Waals surface area (Å²) < 4.78 is 6.00. The normalized spacial score (nSPS) is 30.5. The Morgan fingerprint density at radius 1 is 1.29 bits per heavy atom. The van der Waals surface area contributed by atoms with Gasteiger partial charge in [-0.25, -0.2) is 0 Å². The van der Waals surface area contributed by atoms with Crippen LogP contribution in [0, 0.1) is 11.3 Å². The zero-order valence-electron chi connectivity index (χ0n) is 12.7. The second-order valence-electron chi connectivity index (χ2n) is 6.94. The highest BCUT2D eigenvalue weighted by atomic mass is 16.5. The largest absolute Gasteiger partial charge is 0.381 e. The van der Waals surface area contributed by atoms with Crippen LogP contribution < -0.4 is 5.32 Å². The molecule has 2 heterocycles. The summed E-state index contributed by atoms with van der Waals surface area (Å²) in [7, 11) is 0. The van der Waals surface area contributed by atoms with Crippen molar-refractivity contribution in [3.63, 3.8) is 0 Å². The predicted octanol–water partition coefficient (Wildman–Crippen LogP) is 3.85. The molecule has 110 valence electrons. The monoisotopic (exact) mass is 282 g/mol.